The van der Waals surface area contributed by atoms with Crippen LogP contribution in [0.3, 0.4) is 0 Å². The second kappa shape index (κ2) is 8.66. The van der Waals surface area contributed by atoms with Gasteiger partial charge in [-0.1, -0.05) is 11.6 Å². The molecule has 4 aromatic rings. The third-order valence-corrected chi connectivity index (χ3v) is 6.22. The highest BCUT2D eigenvalue weighted by atomic mass is 35.5. The Morgan fingerprint density at radius 1 is 1.16 bits per heavy atom. The largest absolute Gasteiger partial charge is 0.416 e. The number of anilines is 2. The summed E-state index contributed by atoms with van der Waals surface area (Å²) in [4.78, 5) is 13.5. The van der Waals surface area contributed by atoms with E-state index in [0.29, 0.717) is 16.5 Å². The number of aliphatic hydroxyl groups is 1. The molecule has 32 heavy (non-hydrogen) atoms. The number of alkyl halides is 3. The summed E-state index contributed by atoms with van der Waals surface area (Å²) < 4.78 is 40.2. The summed E-state index contributed by atoms with van der Waals surface area (Å²) in [5, 5.41) is 17.0. The molecule has 0 aliphatic rings. The van der Waals surface area contributed by atoms with Crippen LogP contribution in [0, 0.1) is 0 Å². The number of thiazole rings is 1. The first-order valence-corrected chi connectivity index (χ1v) is 10.6. The Balaban J connectivity index is 1.44. The van der Waals surface area contributed by atoms with Crippen LogP contribution < -0.4 is 10.6 Å². The number of hydrogen-bond donors (Lipinski definition) is 3. The minimum Gasteiger partial charge on any atom is -0.373 e. The van der Waals surface area contributed by atoms with Gasteiger partial charge in [-0.15, -0.1) is 11.3 Å². The van der Waals surface area contributed by atoms with Crippen molar-refractivity contribution in [1.29, 1.82) is 0 Å². The van der Waals surface area contributed by atoms with Crippen LogP contribution in [0.15, 0.2) is 43.0 Å². The van der Waals surface area contributed by atoms with Crippen LogP contribution in [0.1, 0.15) is 35.3 Å². The maximum Gasteiger partial charge on any atom is 0.416 e. The standard InChI is InChI=1S/C20H18ClF3N6OS/c1-10(28-18(31)14-6-16-15(7-25-14)27-9-30(16)2)17-8-26-19(32-17)29-13-4-3-11(5-12(13)21)20(22,23)24/h3-10,18,28,31H,1-2H3,(H,26,29). The number of rotatable bonds is 6. The van der Waals surface area contributed by atoms with Crippen molar-refractivity contribution in [2.75, 3.05) is 5.32 Å². The van der Waals surface area contributed by atoms with Crippen LogP contribution in [-0.4, -0.2) is 24.6 Å². The zero-order valence-electron chi connectivity index (χ0n) is 16.9. The van der Waals surface area contributed by atoms with Crippen LogP contribution in [0.25, 0.3) is 11.0 Å². The highest BCUT2D eigenvalue weighted by Crippen LogP contribution is 2.36. The zero-order chi connectivity index (χ0) is 23.0. The molecule has 0 aliphatic heterocycles. The van der Waals surface area contributed by atoms with E-state index in [1.54, 1.807) is 24.8 Å². The molecule has 3 aromatic heterocycles. The molecule has 0 bridgehead atoms. The lowest BCUT2D eigenvalue weighted by atomic mass is 10.2. The smallest absolute Gasteiger partial charge is 0.373 e. The second-order valence-electron chi connectivity index (χ2n) is 7.13. The molecular formula is C20H18ClF3N6OS. The van der Waals surface area contributed by atoms with Gasteiger partial charge in [0.1, 0.15) is 11.7 Å². The van der Waals surface area contributed by atoms with Crippen molar-refractivity contribution in [2.24, 2.45) is 7.05 Å². The molecule has 0 spiro atoms. The van der Waals surface area contributed by atoms with E-state index in [4.69, 9.17) is 11.6 Å². The van der Waals surface area contributed by atoms with E-state index in [1.165, 1.54) is 17.4 Å². The number of benzene rings is 1. The van der Waals surface area contributed by atoms with Crippen molar-refractivity contribution in [3.05, 3.63) is 64.1 Å². The van der Waals surface area contributed by atoms with Crippen molar-refractivity contribution < 1.29 is 18.3 Å². The molecule has 2 atom stereocenters. The van der Waals surface area contributed by atoms with Gasteiger partial charge >= 0.3 is 6.18 Å². The molecule has 1 aromatic carbocycles. The fourth-order valence-corrected chi connectivity index (χ4v) is 4.12. The zero-order valence-corrected chi connectivity index (χ0v) is 18.4. The minimum absolute atomic E-state index is 0.0604. The maximum absolute atomic E-state index is 12.8. The molecule has 7 nitrogen and oxygen atoms in total. The van der Waals surface area contributed by atoms with Gasteiger partial charge in [-0.3, -0.25) is 10.3 Å². The molecular weight excluding hydrogens is 465 g/mol. The normalized spacial score (nSPS) is 14.0. The minimum atomic E-state index is -4.46. The SMILES string of the molecule is CC(NC(O)c1cc2c(cn1)ncn2C)c1cnc(Nc2ccc(C(F)(F)F)cc2Cl)s1. The summed E-state index contributed by atoms with van der Waals surface area (Å²) in [6, 6.07) is 4.57. The number of nitrogens with zero attached hydrogens (tertiary/aromatic N) is 4. The van der Waals surface area contributed by atoms with Gasteiger partial charge in [-0.25, -0.2) is 9.97 Å². The fraction of sp³-hybridized carbons (Fsp3) is 0.250. The average Bonchev–Trinajstić information content (AvgIpc) is 3.35. The quantitative estimate of drug-likeness (QED) is 0.328. The van der Waals surface area contributed by atoms with E-state index in [1.807, 2.05) is 18.5 Å². The fourth-order valence-electron chi connectivity index (χ4n) is 3.05. The highest BCUT2D eigenvalue weighted by molar-refractivity contribution is 7.15. The number of aliphatic hydroxyl groups excluding tert-OH is 1. The monoisotopic (exact) mass is 482 g/mol. The van der Waals surface area contributed by atoms with Crippen molar-refractivity contribution in [3.8, 4) is 0 Å². The highest BCUT2D eigenvalue weighted by Gasteiger charge is 2.31. The van der Waals surface area contributed by atoms with Crippen molar-refractivity contribution >= 4 is 44.8 Å². The maximum atomic E-state index is 12.8. The van der Waals surface area contributed by atoms with Gasteiger partial charge in [0.05, 0.1) is 40.0 Å². The van der Waals surface area contributed by atoms with E-state index in [0.717, 1.165) is 28.0 Å². The Morgan fingerprint density at radius 2 is 1.94 bits per heavy atom. The van der Waals surface area contributed by atoms with Crippen molar-refractivity contribution in [1.82, 2.24) is 24.8 Å². The first-order valence-electron chi connectivity index (χ1n) is 9.42. The van der Waals surface area contributed by atoms with Crippen LogP contribution in [-0.2, 0) is 13.2 Å². The lowest BCUT2D eigenvalue weighted by Crippen LogP contribution is -2.24. The van der Waals surface area contributed by atoms with Gasteiger partial charge < -0.3 is 15.0 Å². The molecule has 0 radical (unpaired) electrons. The molecule has 3 heterocycles. The number of nitrogens with one attached hydrogen (secondary N) is 2. The van der Waals surface area contributed by atoms with E-state index in [9.17, 15) is 18.3 Å². The van der Waals surface area contributed by atoms with E-state index >= 15 is 0 Å². The Labute approximate surface area is 189 Å². The molecule has 12 heteroatoms. The van der Waals surface area contributed by atoms with Gasteiger partial charge in [0, 0.05) is 24.2 Å². The Hall–Kier alpha value is -2.73. The van der Waals surface area contributed by atoms with E-state index < -0.39 is 18.0 Å². The van der Waals surface area contributed by atoms with Crippen LogP contribution >= 0.6 is 22.9 Å². The van der Waals surface area contributed by atoms with Crippen LogP contribution in [0.2, 0.25) is 5.02 Å². The number of aryl methyl sites for hydroxylation is 1. The summed E-state index contributed by atoms with van der Waals surface area (Å²) in [6.45, 7) is 1.86. The second-order valence-corrected chi connectivity index (χ2v) is 8.60. The lowest BCUT2D eigenvalue weighted by molar-refractivity contribution is -0.137. The number of pyridine rings is 1. The van der Waals surface area contributed by atoms with Crippen LogP contribution in [0.5, 0.6) is 0 Å². The summed E-state index contributed by atoms with van der Waals surface area (Å²) >= 11 is 7.28. The molecule has 2 unspecified atom stereocenters. The molecule has 4 rings (SSSR count). The summed E-state index contributed by atoms with van der Waals surface area (Å²) in [5.41, 5.74) is 1.53. The van der Waals surface area contributed by atoms with E-state index in [-0.39, 0.29) is 11.1 Å². The third-order valence-electron chi connectivity index (χ3n) is 4.81. The summed E-state index contributed by atoms with van der Waals surface area (Å²) in [7, 11) is 1.86. The molecule has 168 valence electrons. The van der Waals surface area contributed by atoms with Gasteiger partial charge in [0.15, 0.2) is 5.13 Å². The third kappa shape index (κ3) is 4.70. The summed E-state index contributed by atoms with van der Waals surface area (Å²) in [5.74, 6) is 0. The number of imidazole rings is 1. The van der Waals surface area contributed by atoms with Gasteiger partial charge in [-0.05, 0) is 31.2 Å². The summed E-state index contributed by atoms with van der Waals surface area (Å²) in [6.07, 6.45) is -0.593. The molecule has 0 saturated heterocycles. The van der Waals surface area contributed by atoms with Crippen LogP contribution in [0.4, 0.5) is 24.0 Å². The number of aromatic nitrogens is 4. The molecule has 0 saturated carbocycles. The van der Waals surface area contributed by atoms with Gasteiger partial charge in [0.25, 0.3) is 0 Å². The Morgan fingerprint density at radius 3 is 2.66 bits per heavy atom. The first kappa shape index (κ1) is 22.5. The Kier molecular flexibility index (Phi) is 6.08. The van der Waals surface area contributed by atoms with Gasteiger partial charge in [0.2, 0.25) is 0 Å². The number of hydrogen-bond acceptors (Lipinski definition) is 7. The average molecular weight is 483 g/mol. The molecule has 0 fully saturated rings. The first-order chi connectivity index (χ1) is 15.1. The Bertz CT molecular complexity index is 1260. The predicted octanol–water partition coefficient (Wildman–Crippen LogP) is 5.18. The number of fused-ring (bicyclic) bond motifs is 1. The number of halogens is 4. The molecule has 0 amide bonds. The predicted molar refractivity (Wildman–Crippen MR) is 117 cm³/mol. The van der Waals surface area contributed by atoms with Crippen molar-refractivity contribution in [2.45, 2.75) is 25.4 Å². The van der Waals surface area contributed by atoms with Crippen molar-refractivity contribution in [3.63, 3.8) is 0 Å². The lowest BCUT2D eigenvalue weighted by Gasteiger charge is -2.17. The van der Waals surface area contributed by atoms with Gasteiger partial charge in [-0.2, -0.15) is 13.2 Å². The molecule has 3 N–H and O–H groups in total. The topological polar surface area (TPSA) is 87.9 Å². The molecule has 0 aliphatic carbocycles. The van der Waals surface area contributed by atoms with E-state index in [2.05, 4.69) is 25.6 Å².